The van der Waals surface area contributed by atoms with E-state index in [1.165, 1.54) is 18.5 Å². The smallest absolute Gasteiger partial charge is 0.0206 e. The molecule has 1 N–H and O–H groups in total. The summed E-state index contributed by atoms with van der Waals surface area (Å²) in [7, 11) is 0. The number of hydrogen-bond donors (Lipinski definition) is 1. The molecule has 18 heavy (non-hydrogen) atoms. The summed E-state index contributed by atoms with van der Waals surface area (Å²) in [5.74, 6) is 0. The van der Waals surface area contributed by atoms with Gasteiger partial charge in [-0.2, -0.15) is 0 Å². The van der Waals surface area contributed by atoms with Crippen LogP contribution in [0.2, 0.25) is 0 Å². The summed E-state index contributed by atoms with van der Waals surface area (Å²) in [5.41, 5.74) is 2.39. The Morgan fingerprint density at radius 2 is 1.89 bits per heavy atom. The van der Waals surface area contributed by atoms with Crippen LogP contribution in [0, 0.1) is 0 Å². The van der Waals surface area contributed by atoms with Gasteiger partial charge in [0, 0.05) is 19.6 Å². The monoisotopic (exact) mass is 246 g/mol. The topological polar surface area (TPSA) is 15.3 Å². The van der Waals surface area contributed by atoms with Crippen LogP contribution in [0.1, 0.15) is 25.8 Å². The Labute approximate surface area is 112 Å². The van der Waals surface area contributed by atoms with Gasteiger partial charge in [0.1, 0.15) is 0 Å². The zero-order valence-corrected chi connectivity index (χ0v) is 11.8. The predicted molar refractivity (Wildman–Crippen MR) is 80.8 cm³/mol. The zero-order chi connectivity index (χ0) is 13.2. The van der Waals surface area contributed by atoms with Crippen molar-refractivity contribution in [3.63, 3.8) is 0 Å². The van der Waals surface area contributed by atoms with Gasteiger partial charge in [0.05, 0.1) is 0 Å². The maximum atomic E-state index is 4.12. The molecule has 0 aliphatic carbocycles. The third-order valence-corrected chi connectivity index (χ3v) is 3.11. The first-order valence-electron chi connectivity index (χ1n) is 6.94. The van der Waals surface area contributed by atoms with Gasteiger partial charge in [-0.3, -0.25) is 0 Å². The minimum absolute atomic E-state index is 0.869. The largest absolute Gasteiger partial charge is 0.311 e. The lowest BCUT2D eigenvalue weighted by molar-refractivity contribution is 0.289. The van der Waals surface area contributed by atoms with Crippen molar-refractivity contribution >= 4 is 5.57 Å². The van der Waals surface area contributed by atoms with Crippen molar-refractivity contribution in [1.82, 2.24) is 10.2 Å². The van der Waals surface area contributed by atoms with E-state index >= 15 is 0 Å². The highest BCUT2D eigenvalue weighted by Crippen LogP contribution is 2.09. The van der Waals surface area contributed by atoms with Crippen LogP contribution in [0.4, 0.5) is 0 Å². The van der Waals surface area contributed by atoms with Crippen LogP contribution in [-0.2, 0) is 0 Å². The van der Waals surface area contributed by atoms with E-state index in [0.717, 1.165) is 31.8 Å². The predicted octanol–water partition coefficient (Wildman–Crippen LogP) is 3.02. The van der Waals surface area contributed by atoms with E-state index in [0.29, 0.717) is 0 Å². The molecular formula is C16H26N2. The Bertz CT molecular complexity index is 332. The highest BCUT2D eigenvalue weighted by Gasteiger charge is 2.01. The summed E-state index contributed by atoms with van der Waals surface area (Å²) in [6.45, 7) is 13.9. The van der Waals surface area contributed by atoms with Gasteiger partial charge >= 0.3 is 0 Å². The van der Waals surface area contributed by atoms with E-state index < -0.39 is 0 Å². The molecule has 0 aromatic heterocycles. The second-order valence-corrected chi connectivity index (χ2v) is 4.58. The lowest BCUT2D eigenvalue weighted by Gasteiger charge is -2.19. The fourth-order valence-electron chi connectivity index (χ4n) is 2.00. The van der Waals surface area contributed by atoms with Gasteiger partial charge in [-0.25, -0.2) is 0 Å². The van der Waals surface area contributed by atoms with E-state index in [-0.39, 0.29) is 0 Å². The first kappa shape index (κ1) is 14.9. The second-order valence-electron chi connectivity index (χ2n) is 4.58. The number of hydrogen-bond acceptors (Lipinski definition) is 2. The van der Waals surface area contributed by atoms with Crippen LogP contribution in [-0.4, -0.2) is 37.6 Å². The molecule has 1 rings (SSSR count). The van der Waals surface area contributed by atoms with Crippen molar-refractivity contribution in [2.75, 3.05) is 32.7 Å². The number of rotatable bonds is 9. The molecule has 0 unspecified atom stereocenters. The van der Waals surface area contributed by atoms with Crippen LogP contribution in [0.3, 0.4) is 0 Å². The molecule has 0 atom stereocenters. The average Bonchev–Trinajstić information content (AvgIpc) is 2.43. The molecule has 0 aliphatic rings. The molecule has 2 nitrogen and oxygen atoms in total. The van der Waals surface area contributed by atoms with Crippen molar-refractivity contribution in [3.8, 4) is 0 Å². The molecule has 0 radical (unpaired) electrons. The van der Waals surface area contributed by atoms with Crippen molar-refractivity contribution in [1.29, 1.82) is 0 Å². The van der Waals surface area contributed by atoms with Crippen LogP contribution in [0.15, 0.2) is 36.9 Å². The number of likely N-dealkylation sites (N-methyl/N-ethyl adjacent to an activating group) is 1. The molecule has 0 aliphatic heterocycles. The molecule has 0 saturated heterocycles. The third-order valence-electron chi connectivity index (χ3n) is 3.11. The molecule has 0 heterocycles. The SMILES string of the molecule is C=C(CNCCN(CC)CCC)c1ccccc1. The first-order valence-corrected chi connectivity index (χ1v) is 6.94. The molecule has 1 aromatic rings. The fraction of sp³-hybridized carbons (Fsp3) is 0.500. The van der Waals surface area contributed by atoms with Gasteiger partial charge in [0.15, 0.2) is 0 Å². The van der Waals surface area contributed by atoms with Gasteiger partial charge in [-0.15, -0.1) is 0 Å². The minimum Gasteiger partial charge on any atom is -0.311 e. The Hall–Kier alpha value is -1.12. The van der Waals surface area contributed by atoms with Crippen molar-refractivity contribution in [3.05, 3.63) is 42.5 Å². The minimum atomic E-state index is 0.869. The molecule has 2 heteroatoms. The highest BCUT2D eigenvalue weighted by atomic mass is 15.1. The quantitative estimate of drug-likeness (QED) is 0.674. The molecule has 0 saturated carbocycles. The van der Waals surface area contributed by atoms with E-state index in [2.05, 4.69) is 54.9 Å². The molecule has 100 valence electrons. The average molecular weight is 246 g/mol. The molecule has 0 fully saturated rings. The molecule has 0 spiro atoms. The summed E-state index contributed by atoms with van der Waals surface area (Å²) >= 11 is 0. The summed E-state index contributed by atoms with van der Waals surface area (Å²) in [6, 6.07) is 10.4. The van der Waals surface area contributed by atoms with Gasteiger partial charge < -0.3 is 10.2 Å². The molecular weight excluding hydrogens is 220 g/mol. The van der Waals surface area contributed by atoms with Gasteiger partial charge in [0.25, 0.3) is 0 Å². The van der Waals surface area contributed by atoms with Gasteiger partial charge in [0.2, 0.25) is 0 Å². The molecule has 0 amide bonds. The second kappa shape index (κ2) is 8.90. The zero-order valence-electron chi connectivity index (χ0n) is 11.8. The lowest BCUT2D eigenvalue weighted by atomic mass is 10.1. The van der Waals surface area contributed by atoms with Crippen LogP contribution in [0.5, 0.6) is 0 Å². The summed E-state index contributed by atoms with van der Waals surface area (Å²) in [4.78, 5) is 2.47. The normalized spacial score (nSPS) is 10.8. The van der Waals surface area contributed by atoms with Crippen molar-refractivity contribution in [2.24, 2.45) is 0 Å². The third kappa shape index (κ3) is 5.48. The maximum absolute atomic E-state index is 4.12. The summed E-state index contributed by atoms with van der Waals surface area (Å²) in [6.07, 6.45) is 1.23. The number of benzene rings is 1. The Kier molecular flexibility index (Phi) is 7.38. The number of nitrogens with one attached hydrogen (secondary N) is 1. The van der Waals surface area contributed by atoms with Crippen molar-refractivity contribution in [2.45, 2.75) is 20.3 Å². The van der Waals surface area contributed by atoms with E-state index in [1.54, 1.807) is 0 Å². The van der Waals surface area contributed by atoms with E-state index in [4.69, 9.17) is 0 Å². The lowest BCUT2D eigenvalue weighted by Crippen LogP contribution is -2.33. The maximum Gasteiger partial charge on any atom is 0.0206 e. The Morgan fingerprint density at radius 3 is 2.50 bits per heavy atom. The van der Waals surface area contributed by atoms with Gasteiger partial charge in [-0.1, -0.05) is 50.8 Å². The summed E-state index contributed by atoms with van der Waals surface area (Å²) in [5, 5.41) is 3.47. The standard InChI is InChI=1S/C16H26N2/c1-4-12-18(5-2)13-11-17-14-15(3)16-9-7-6-8-10-16/h6-10,17H,3-5,11-14H2,1-2H3. The fourth-order valence-corrected chi connectivity index (χ4v) is 2.00. The molecule has 0 bridgehead atoms. The van der Waals surface area contributed by atoms with Crippen LogP contribution in [0.25, 0.3) is 5.57 Å². The van der Waals surface area contributed by atoms with E-state index in [1.807, 2.05) is 6.07 Å². The number of nitrogens with zero attached hydrogens (tertiary/aromatic N) is 1. The van der Waals surface area contributed by atoms with Crippen molar-refractivity contribution < 1.29 is 0 Å². The van der Waals surface area contributed by atoms with E-state index in [9.17, 15) is 0 Å². The van der Waals surface area contributed by atoms with Crippen LogP contribution >= 0.6 is 0 Å². The molecule has 1 aromatic carbocycles. The first-order chi connectivity index (χ1) is 8.77. The van der Waals surface area contributed by atoms with Crippen LogP contribution < -0.4 is 5.32 Å². The Morgan fingerprint density at radius 1 is 1.17 bits per heavy atom. The van der Waals surface area contributed by atoms with Gasteiger partial charge in [-0.05, 0) is 30.6 Å². The highest BCUT2D eigenvalue weighted by molar-refractivity contribution is 5.64. The summed E-state index contributed by atoms with van der Waals surface area (Å²) < 4.78 is 0. The Balaban J connectivity index is 2.20.